The van der Waals surface area contributed by atoms with Gasteiger partial charge in [0.1, 0.15) is 0 Å². The number of alkyl halides is 3. The van der Waals surface area contributed by atoms with Crippen LogP contribution in [0, 0.1) is 17.6 Å². The molecule has 1 heterocycles. The van der Waals surface area contributed by atoms with E-state index in [0.717, 1.165) is 6.07 Å². The van der Waals surface area contributed by atoms with Crippen LogP contribution in [-0.2, 0) is 11.3 Å². The van der Waals surface area contributed by atoms with Crippen LogP contribution in [0.3, 0.4) is 0 Å². The van der Waals surface area contributed by atoms with Gasteiger partial charge in [0, 0.05) is 49.4 Å². The highest BCUT2D eigenvalue weighted by atomic mass is 35.5. The van der Waals surface area contributed by atoms with Gasteiger partial charge in [0.2, 0.25) is 5.91 Å². The number of anilines is 2. The molecule has 2 aromatic carbocycles. The maximum absolute atomic E-state index is 14.9. The summed E-state index contributed by atoms with van der Waals surface area (Å²) in [6, 6.07) is 6.92. The van der Waals surface area contributed by atoms with Crippen LogP contribution in [0.25, 0.3) is 0 Å². The average molecular weight is 604 g/mol. The van der Waals surface area contributed by atoms with Crippen molar-refractivity contribution in [1.82, 2.24) is 15.5 Å². The van der Waals surface area contributed by atoms with Gasteiger partial charge in [-0.3, -0.25) is 14.5 Å². The summed E-state index contributed by atoms with van der Waals surface area (Å²) in [7, 11) is 1.57. The van der Waals surface area contributed by atoms with E-state index in [2.05, 4.69) is 16.0 Å². The van der Waals surface area contributed by atoms with E-state index in [1.165, 1.54) is 6.07 Å². The monoisotopic (exact) mass is 603 g/mol. The van der Waals surface area contributed by atoms with Crippen molar-refractivity contribution in [2.75, 3.05) is 50.0 Å². The summed E-state index contributed by atoms with van der Waals surface area (Å²) < 4.78 is 68.4. The number of likely N-dealkylation sites (N-methyl/N-ethyl adjacent to an activating group) is 1. The van der Waals surface area contributed by atoms with E-state index in [9.17, 15) is 31.5 Å². The van der Waals surface area contributed by atoms with E-state index in [-0.39, 0.29) is 37.2 Å². The quantitative estimate of drug-likeness (QED) is 0.308. The first-order chi connectivity index (χ1) is 19.3. The number of hydrogen-bond acceptors (Lipinski definition) is 5. The average Bonchev–Trinajstić information content (AvgIpc) is 2.89. The van der Waals surface area contributed by atoms with Crippen LogP contribution in [0.1, 0.15) is 42.6 Å². The van der Waals surface area contributed by atoms with Gasteiger partial charge in [-0.25, -0.2) is 8.78 Å². The molecule has 41 heavy (non-hydrogen) atoms. The number of rotatable bonds is 11. The van der Waals surface area contributed by atoms with Crippen LogP contribution in [-0.4, -0.2) is 68.7 Å². The van der Waals surface area contributed by atoms with Crippen molar-refractivity contribution in [3.8, 4) is 0 Å². The fourth-order valence-corrected chi connectivity index (χ4v) is 4.99. The molecule has 7 nitrogen and oxygen atoms in total. The molecule has 0 bridgehead atoms. The van der Waals surface area contributed by atoms with Crippen LogP contribution in [0.2, 0.25) is 5.02 Å². The Labute approximate surface area is 241 Å². The van der Waals surface area contributed by atoms with E-state index in [1.54, 1.807) is 25.2 Å². The molecule has 0 aliphatic carbocycles. The molecule has 1 fully saturated rings. The summed E-state index contributed by atoms with van der Waals surface area (Å²) in [5.74, 6) is -3.65. The summed E-state index contributed by atoms with van der Waals surface area (Å²) in [5.41, 5.74) is 0.188. The van der Waals surface area contributed by atoms with Gasteiger partial charge < -0.3 is 20.9 Å². The first-order valence-corrected chi connectivity index (χ1v) is 13.7. The zero-order chi connectivity index (χ0) is 30.3. The number of benzene rings is 2. The predicted octanol–water partition coefficient (Wildman–Crippen LogP) is 5.20. The molecule has 0 spiro atoms. The molecule has 13 heteroatoms. The Kier molecular flexibility index (Phi) is 11.3. The van der Waals surface area contributed by atoms with Gasteiger partial charge in [0.15, 0.2) is 11.6 Å². The van der Waals surface area contributed by atoms with Gasteiger partial charge in [-0.05, 0) is 43.7 Å². The van der Waals surface area contributed by atoms with Crippen LogP contribution in [0.5, 0.6) is 0 Å². The third-order valence-electron chi connectivity index (χ3n) is 6.80. The van der Waals surface area contributed by atoms with Crippen molar-refractivity contribution in [1.29, 1.82) is 0 Å². The predicted molar refractivity (Wildman–Crippen MR) is 149 cm³/mol. The summed E-state index contributed by atoms with van der Waals surface area (Å²) in [6.45, 7) is 4.81. The van der Waals surface area contributed by atoms with E-state index < -0.39 is 41.6 Å². The molecule has 0 saturated carbocycles. The molecular weight excluding hydrogens is 569 g/mol. The molecule has 2 aromatic rings. The lowest BCUT2D eigenvalue weighted by Gasteiger charge is -2.43. The topological polar surface area (TPSA) is 76.7 Å². The molecule has 3 rings (SSSR count). The number of amides is 2. The molecule has 0 unspecified atom stereocenters. The minimum Gasteiger partial charge on any atom is -0.367 e. The highest BCUT2D eigenvalue weighted by Crippen LogP contribution is 2.33. The third-order valence-corrected chi connectivity index (χ3v) is 7.03. The normalized spacial score (nSPS) is 16.2. The van der Waals surface area contributed by atoms with Gasteiger partial charge in [-0.1, -0.05) is 31.5 Å². The minimum atomic E-state index is -4.25. The van der Waals surface area contributed by atoms with Crippen LogP contribution < -0.4 is 20.9 Å². The molecule has 1 atom stereocenters. The fraction of sp³-hybridized carbons (Fsp3) is 0.500. The third kappa shape index (κ3) is 9.27. The largest absolute Gasteiger partial charge is 0.390 e. The smallest absolute Gasteiger partial charge is 0.367 e. The lowest BCUT2D eigenvalue weighted by Crippen LogP contribution is -2.54. The maximum Gasteiger partial charge on any atom is 0.390 e. The number of nitrogens with one attached hydrogen (secondary N) is 3. The van der Waals surface area contributed by atoms with Crippen molar-refractivity contribution in [2.24, 2.45) is 5.92 Å². The highest BCUT2D eigenvalue weighted by Gasteiger charge is 2.33. The lowest BCUT2D eigenvalue weighted by atomic mass is 9.99. The standard InChI is InChI=1S/C28H35ClF5N5O2/c1-17(2)12-20-16-39(11-10-38(20)9-8-28(32,33)34)23-13-19(29)5-7-22(23)37-27(41)21-6-4-18(25(30)26(21)31)14-36-24(40)15-35-3/h4-7,13,17,20,35H,8-12,14-16H2,1-3H3,(H,36,40)(H,37,41)/t20-/m0/s1. The summed E-state index contributed by atoms with van der Waals surface area (Å²) >= 11 is 6.26. The van der Waals surface area contributed by atoms with Gasteiger partial charge >= 0.3 is 6.18 Å². The van der Waals surface area contributed by atoms with E-state index >= 15 is 0 Å². The van der Waals surface area contributed by atoms with E-state index in [1.807, 2.05) is 23.6 Å². The summed E-state index contributed by atoms with van der Waals surface area (Å²) in [4.78, 5) is 28.5. The molecule has 0 aromatic heterocycles. The number of carbonyl (C=O) groups is 2. The Morgan fingerprint density at radius 3 is 2.49 bits per heavy atom. The van der Waals surface area contributed by atoms with Crippen molar-refractivity contribution in [3.05, 3.63) is 58.1 Å². The fourth-order valence-electron chi connectivity index (χ4n) is 4.82. The van der Waals surface area contributed by atoms with Crippen molar-refractivity contribution >= 4 is 34.8 Å². The molecule has 1 saturated heterocycles. The molecular formula is C28H35ClF5N5O2. The second-order valence-corrected chi connectivity index (χ2v) is 10.9. The Bertz CT molecular complexity index is 1230. The maximum atomic E-state index is 14.9. The molecule has 3 N–H and O–H groups in total. The first kappa shape index (κ1) is 32.6. The second-order valence-electron chi connectivity index (χ2n) is 10.5. The van der Waals surface area contributed by atoms with Gasteiger partial charge in [-0.15, -0.1) is 0 Å². The van der Waals surface area contributed by atoms with Gasteiger partial charge in [-0.2, -0.15) is 13.2 Å². The number of halogens is 6. The molecule has 1 aliphatic rings. The van der Waals surface area contributed by atoms with E-state index in [4.69, 9.17) is 11.6 Å². The molecule has 0 radical (unpaired) electrons. The number of carbonyl (C=O) groups excluding carboxylic acids is 2. The first-order valence-electron chi connectivity index (χ1n) is 13.3. The Hall–Kier alpha value is -2.96. The second kappa shape index (κ2) is 14.3. The van der Waals surface area contributed by atoms with E-state index in [0.29, 0.717) is 42.5 Å². The minimum absolute atomic E-state index is 0.00877. The lowest BCUT2D eigenvalue weighted by molar-refractivity contribution is -0.139. The van der Waals surface area contributed by atoms with Crippen molar-refractivity contribution < 1.29 is 31.5 Å². The zero-order valence-electron chi connectivity index (χ0n) is 23.2. The molecule has 2 amide bonds. The molecule has 226 valence electrons. The Balaban J connectivity index is 1.79. The highest BCUT2D eigenvalue weighted by molar-refractivity contribution is 6.31. The zero-order valence-corrected chi connectivity index (χ0v) is 23.9. The Morgan fingerprint density at radius 2 is 1.83 bits per heavy atom. The number of nitrogens with zero attached hydrogens (tertiary/aromatic N) is 2. The van der Waals surface area contributed by atoms with Crippen LogP contribution in [0.15, 0.2) is 30.3 Å². The summed E-state index contributed by atoms with van der Waals surface area (Å²) in [6.07, 6.45) is -4.48. The van der Waals surface area contributed by atoms with Crippen molar-refractivity contribution in [2.45, 2.75) is 45.5 Å². The molecule has 1 aliphatic heterocycles. The van der Waals surface area contributed by atoms with Crippen LogP contribution in [0.4, 0.5) is 33.3 Å². The van der Waals surface area contributed by atoms with Gasteiger partial charge in [0.05, 0.1) is 29.9 Å². The SMILES string of the molecule is CNCC(=O)NCc1ccc(C(=O)Nc2ccc(Cl)cc2N2CCN(CCC(F)(F)F)[C@@H](CC(C)C)C2)c(F)c1F. The number of piperazine rings is 1. The summed E-state index contributed by atoms with van der Waals surface area (Å²) in [5, 5.41) is 8.10. The Morgan fingerprint density at radius 1 is 1.10 bits per heavy atom. The number of hydrogen-bond donors (Lipinski definition) is 3. The van der Waals surface area contributed by atoms with Gasteiger partial charge in [0.25, 0.3) is 5.91 Å². The van der Waals surface area contributed by atoms with Crippen molar-refractivity contribution in [3.63, 3.8) is 0 Å². The van der Waals surface area contributed by atoms with Crippen LogP contribution >= 0.6 is 11.6 Å².